The predicted molar refractivity (Wildman–Crippen MR) is 63.7 cm³/mol. The van der Waals surface area contributed by atoms with Crippen LogP contribution in [0.3, 0.4) is 0 Å². The molecule has 3 N–H and O–H groups in total. The zero-order chi connectivity index (χ0) is 12.1. The van der Waals surface area contributed by atoms with Crippen molar-refractivity contribution < 1.29 is 14.6 Å². The van der Waals surface area contributed by atoms with Crippen LogP contribution >= 0.6 is 0 Å². The van der Waals surface area contributed by atoms with Crippen molar-refractivity contribution in [3.05, 3.63) is 0 Å². The van der Waals surface area contributed by atoms with Crippen molar-refractivity contribution in [1.82, 2.24) is 10.6 Å². The van der Waals surface area contributed by atoms with Gasteiger partial charge in [0.2, 0.25) is 5.91 Å². The number of hydrogen-bond acceptors (Lipinski definition) is 4. The molecular formula is C12H22N2O3. The third-order valence-electron chi connectivity index (χ3n) is 3.64. The van der Waals surface area contributed by atoms with Gasteiger partial charge in [0, 0.05) is 39.1 Å². The fourth-order valence-electron chi connectivity index (χ4n) is 2.38. The molecule has 0 radical (unpaired) electrons. The quantitative estimate of drug-likeness (QED) is 0.640. The minimum absolute atomic E-state index is 0.0677. The van der Waals surface area contributed by atoms with Gasteiger partial charge in [-0.1, -0.05) is 0 Å². The van der Waals surface area contributed by atoms with E-state index in [0.717, 1.165) is 25.8 Å². The number of carbonyl (C=O) groups is 1. The van der Waals surface area contributed by atoms with Crippen LogP contribution in [0.2, 0.25) is 0 Å². The molecule has 5 nitrogen and oxygen atoms in total. The average Bonchev–Trinajstić information content (AvgIpc) is 2.53. The van der Waals surface area contributed by atoms with Gasteiger partial charge < -0.3 is 20.5 Å². The number of carbonyl (C=O) groups excluding carboxylic acids is 1. The van der Waals surface area contributed by atoms with Crippen molar-refractivity contribution >= 4 is 5.91 Å². The third kappa shape index (κ3) is 3.66. The maximum atomic E-state index is 11.7. The second-order valence-corrected chi connectivity index (χ2v) is 5.06. The predicted octanol–water partition coefficient (Wildman–Crippen LogP) is -0.214. The van der Waals surface area contributed by atoms with Crippen LogP contribution in [0, 0.1) is 0 Å². The number of nitrogens with one attached hydrogen (secondary N) is 2. The summed E-state index contributed by atoms with van der Waals surface area (Å²) in [7, 11) is 0. The average molecular weight is 242 g/mol. The van der Waals surface area contributed by atoms with E-state index in [2.05, 4.69) is 10.6 Å². The minimum Gasteiger partial charge on any atom is -0.388 e. The molecule has 0 spiro atoms. The summed E-state index contributed by atoms with van der Waals surface area (Å²) in [6, 6.07) is -0.149. The van der Waals surface area contributed by atoms with Gasteiger partial charge in [-0.3, -0.25) is 4.79 Å². The fraction of sp³-hybridized carbons (Fsp3) is 0.917. The van der Waals surface area contributed by atoms with E-state index in [9.17, 15) is 9.90 Å². The summed E-state index contributed by atoms with van der Waals surface area (Å²) in [6.07, 6.45) is 4.25. The zero-order valence-electron chi connectivity index (χ0n) is 10.2. The third-order valence-corrected chi connectivity index (χ3v) is 3.64. The van der Waals surface area contributed by atoms with Crippen molar-refractivity contribution in [3.63, 3.8) is 0 Å². The molecule has 5 heteroatoms. The topological polar surface area (TPSA) is 70.6 Å². The number of hydrogen-bond donors (Lipinski definition) is 3. The molecular weight excluding hydrogens is 220 g/mol. The van der Waals surface area contributed by atoms with E-state index >= 15 is 0 Å². The zero-order valence-corrected chi connectivity index (χ0v) is 10.2. The van der Waals surface area contributed by atoms with Gasteiger partial charge in [-0.15, -0.1) is 0 Å². The Bertz CT molecular complexity index is 264. The Morgan fingerprint density at radius 2 is 2.18 bits per heavy atom. The molecule has 1 amide bonds. The second-order valence-electron chi connectivity index (χ2n) is 5.06. The molecule has 1 unspecified atom stereocenters. The normalized spacial score (nSPS) is 29.5. The van der Waals surface area contributed by atoms with Gasteiger partial charge >= 0.3 is 0 Å². The number of ether oxygens (including phenoxy) is 1. The highest BCUT2D eigenvalue weighted by Gasteiger charge is 2.31. The summed E-state index contributed by atoms with van der Waals surface area (Å²) in [5.41, 5.74) is -0.704. The molecule has 2 aliphatic heterocycles. The van der Waals surface area contributed by atoms with Gasteiger partial charge in [0.15, 0.2) is 0 Å². The van der Waals surface area contributed by atoms with Crippen LogP contribution in [0.15, 0.2) is 0 Å². The molecule has 0 aliphatic carbocycles. The fourth-order valence-corrected chi connectivity index (χ4v) is 2.38. The van der Waals surface area contributed by atoms with Gasteiger partial charge in [-0.25, -0.2) is 0 Å². The van der Waals surface area contributed by atoms with Crippen LogP contribution in [-0.2, 0) is 9.53 Å². The highest BCUT2D eigenvalue weighted by Crippen LogP contribution is 2.19. The van der Waals surface area contributed by atoms with Crippen LogP contribution in [0.1, 0.15) is 32.1 Å². The lowest BCUT2D eigenvalue weighted by Gasteiger charge is -2.33. The Morgan fingerprint density at radius 1 is 1.41 bits per heavy atom. The summed E-state index contributed by atoms with van der Waals surface area (Å²) in [6.45, 7) is 2.47. The smallest absolute Gasteiger partial charge is 0.237 e. The summed E-state index contributed by atoms with van der Waals surface area (Å²) in [5.74, 6) is 0.0677. The number of rotatable bonds is 3. The van der Waals surface area contributed by atoms with Crippen LogP contribution in [0.5, 0.6) is 0 Å². The van der Waals surface area contributed by atoms with Crippen molar-refractivity contribution in [2.75, 3.05) is 26.3 Å². The van der Waals surface area contributed by atoms with Crippen LogP contribution in [-0.4, -0.2) is 49.0 Å². The molecule has 2 heterocycles. The lowest BCUT2D eigenvalue weighted by molar-refractivity contribution is -0.123. The van der Waals surface area contributed by atoms with Crippen LogP contribution in [0.25, 0.3) is 0 Å². The van der Waals surface area contributed by atoms with E-state index in [-0.39, 0.29) is 11.9 Å². The Balaban J connectivity index is 1.81. The summed E-state index contributed by atoms with van der Waals surface area (Å²) in [5, 5.41) is 16.4. The van der Waals surface area contributed by atoms with Gasteiger partial charge in [0.05, 0.1) is 11.6 Å². The summed E-state index contributed by atoms with van der Waals surface area (Å²) < 4.78 is 5.23. The molecule has 1 atom stereocenters. The largest absolute Gasteiger partial charge is 0.388 e. The summed E-state index contributed by atoms with van der Waals surface area (Å²) in [4.78, 5) is 11.7. The van der Waals surface area contributed by atoms with E-state index < -0.39 is 5.60 Å². The van der Waals surface area contributed by atoms with Gasteiger partial charge in [-0.05, 0) is 19.3 Å². The molecule has 17 heavy (non-hydrogen) atoms. The van der Waals surface area contributed by atoms with Crippen molar-refractivity contribution in [2.45, 2.75) is 43.7 Å². The molecule has 2 rings (SSSR count). The molecule has 0 bridgehead atoms. The van der Waals surface area contributed by atoms with Crippen molar-refractivity contribution in [1.29, 1.82) is 0 Å². The standard InChI is InChI=1S/C12H22N2O3/c15-11-10(3-1-2-6-13-11)14-9-12(16)4-7-17-8-5-12/h10,14,16H,1-9H2,(H,13,15). The van der Waals surface area contributed by atoms with Crippen molar-refractivity contribution in [2.24, 2.45) is 0 Å². The van der Waals surface area contributed by atoms with Crippen molar-refractivity contribution in [3.8, 4) is 0 Å². The maximum absolute atomic E-state index is 11.7. The second kappa shape index (κ2) is 5.80. The molecule has 0 aromatic rings. The number of amides is 1. The lowest BCUT2D eigenvalue weighted by atomic mass is 9.94. The molecule has 0 aromatic carbocycles. The Hall–Kier alpha value is -0.650. The van der Waals surface area contributed by atoms with Crippen LogP contribution < -0.4 is 10.6 Å². The monoisotopic (exact) mass is 242 g/mol. The van der Waals surface area contributed by atoms with Gasteiger partial charge in [0.25, 0.3) is 0 Å². The maximum Gasteiger partial charge on any atom is 0.237 e. The molecule has 0 aromatic heterocycles. The highest BCUT2D eigenvalue weighted by molar-refractivity contribution is 5.81. The lowest BCUT2D eigenvalue weighted by Crippen LogP contribution is -2.51. The number of aliphatic hydroxyl groups is 1. The van der Waals surface area contributed by atoms with E-state index in [4.69, 9.17) is 4.74 Å². The first-order valence-electron chi connectivity index (χ1n) is 6.51. The molecule has 2 fully saturated rings. The van der Waals surface area contributed by atoms with E-state index in [1.165, 1.54) is 0 Å². The molecule has 0 saturated carbocycles. The SMILES string of the molecule is O=C1NCCCCC1NCC1(O)CCOCC1. The van der Waals surface area contributed by atoms with E-state index in [0.29, 0.717) is 32.6 Å². The first-order valence-corrected chi connectivity index (χ1v) is 6.51. The van der Waals surface area contributed by atoms with Gasteiger partial charge in [-0.2, -0.15) is 0 Å². The van der Waals surface area contributed by atoms with E-state index in [1.807, 2.05) is 0 Å². The van der Waals surface area contributed by atoms with Gasteiger partial charge in [0.1, 0.15) is 0 Å². The molecule has 2 saturated heterocycles. The highest BCUT2D eigenvalue weighted by atomic mass is 16.5. The molecule has 2 aliphatic rings. The molecule has 98 valence electrons. The Labute approximate surface area is 102 Å². The summed E-state index contributed by atoms with van der Waals surface area (Å²) >= 11 is 0. The van der Waals surface area contributed by atoms with Crippen LogP contribution in [0.4, 0.5) is 0 Å². The first-order chi connectivity index (χ1) is 8.20. The Morgan fingerprint density at radius 3 is 2.94 bits per heavy atom. The first kappa shape index (κ1) is 12.8. The minimum atomic E-state index is -0.704. The Kier molecular flexibility index (Phi) is 4.36. The van der Waals surface area contributed by atoms with E-state index in [1.54, 1.807) is 0 Å².